The minimum atomic E-state index is -0.729. The van der Waals surface area contributed by atoms with Gasteiger partial charge >= 0.3 is 5.97 Å². The van der Waals surface area contributed by atoms with Crippen LogP contribution in [0.5, 0.6) is 0 Å². The highest BCUT2D eigenvalue weighted by Gasteiger charge is 2.28. The van der Waals surface area contributed by atoms with Crippen LogP contribution in [0.2, 0.25) is 0 Å². The first-order valence-corrected chi connectivity index (χ1v) is 9.02. The van der Waals surface area contributed by atoms with Gasteiger partial charge in [0.25, 0.3) is 17.5 Å². The van der Waals surface area contributed by atoms with E-state index in [1.807, 2.05) is 19.9 Å². The summed E-state index contributed by atoms with van der Waals surface area (Å²) in [6.07, 6.45) is 3.26. The number of aromatic nitrogens is 4. The molecule has 3 atom stereocenters. The lowest BCUT2D eigenvalue weighted by Gasteiger charge is -2.34. The number of hydrogen-bond donors (Lipinski definition) is 1. The van der Waals surface area contributed by atoms with Gasteiger partial charge in [-0.2, -0.15) is 4.98 Å². The highest BCUT2D eigenvalue weighted by molar-refractivity contribution is 5.88. The standard InChI is InChI=1S/C18H25N5O3/c1-10-6-5-7-14(13(10)4)20-15(24)9-26-17(25)16-21-18-19-11(2)8-12(3)23(18)22-16/h8,10,13-14H,5-7,9H2,1-4H3,(H,20,24)/t10-,13+,14-/m0/s1. The Kier molecular flexibility index (Phi) is 5.20. The number of ether oxygens (including phenoxy) is 1. The summed E-state index contributed by atoms with van der Waals surface area (Å²) in [6.45, 7) is 7.72. The van der Waals surface area contributed by atoms with Crippen molar-refractivity contribution >= 4 is 17.7 Å². The monoisotopic (exact) mass is 359 g/mol. The van der Waals surface area contributed by atoms with Gasteiger partial charge in [0, 0.05) is 17.4 Å². The first-order valence-electron chi connectivity index (χ1n) is 9.02. The quantitative estimate of drug-likeness (QED) is 0.837. The fourth-order valence-electron chi connectivity index (χ4n) is 3.48. The van der Waals surface area contributed by atoms with Crippen molar-refractivity contribution in [2.45, 2.75) is 53.0 Å². The molecule has 2 heterocycles. The van der Waals surface area contributed by atoms with Crippen LogP contribution in [0.3, 0.4) is 0 Å². The molecule has 8 nitrogen and oxygen atoms in total. The molecule has 0 spiro atoms. The summed E-state index contributed by atoms with van der Waals surface area (Å²) < 4.78 is 6.56. The minimum absolute atomic E-state index is 0.0985. The molecule has 0 aliphatic heterocycles. The number of carbonyl (C=O) groups excluding carboxylic acids is 2. The molecular weight excluding hydrogens is 334 g/mol. The topological polar surface area (TPSA) is 98.5 Å². The Bertz CT molecular complexity index is 832. The van der Waals surface area contributed by atoms with Gasteiger partial charge in [-0.1, -0.05) is 26.7 Å². The highest BCUT2D eigenvalue weighted by Crippen LogP contribution is 2.29. The number of esters is 1. The van der Waals surface area contributed by atoms with Crippen LogP contribution in [0.4, 0.5) is 0 Å². The average molecular weight is 359 g/mol. The molecule has 0 aromatic carbocycles. The summed E-state index contributed by atoms with van der Waals surface area (Å²) in [4.78, 5) is 32.6. The van der Waals surface area contributed by atoms with Crippen LogP contribution >= 0.6 is 0 Å². The molecule has 1 saturated carbocycles. The Hall–Kier alpha value is -2.51. The van der Waals surface area contributed by atoms with E-state index in [0.29, 0.717) is 17.6 Å². The molecule has 2 aromatic heterocycles. The predicted octanol–water partition coefficient (Wildman–Crippen LogP) is 1.84. The second-order valence-electron chi connectivity index (χ2n) is 7.20. The molecule has 1 amide bonds. The Morgan fingerprint density at radius 2 is 2.04 bits per heavy atom. The van der Waals surface area contributed by atoms with E-state index in [4.69, 9.17) is 4.74 Å². The van der Waals surface area contributed by atoms with Crippen molar-refractivity contribution in [3.8, 4) is 0 Å². The van der Waals surface area contributed by atoms with E-state index in [-0.39, 0.29) is 24.4 Å². The number of carbonyl (C=O) groups is 2. The first kappa shape index (κ1) is 18.3. The van der Waals surface area contributed by atoms with Crippen LogP contribution in [0.25, 0.3) is 5.78 Å². The van der Waals surface area contributed by atoms with Gasteiger partial charge < -0.3 is 10.1 Å². The molecule has 2 aromatic rings. The van der Waals surface area contributed by atoms with Crippen molar-refractivity contribution in [3.05, 3.63) is 23.3 Å². The molecule has 1 aliphatic rings. The summed E-state index contributed by atoms with van der Waals surface area (Å²) in [7, 11) is 0. The van der Waals surface area contributed by atoms with Crippen molar-refractivity contribution in [1.82, 2.24) is 24.9 Å². The third kappa shape index (κ3) is 3.84. The summed E-state index contributed by atoms with van der Waals surface area (Å²) in [5.74, 6) is 0.215. The Morgan fingerprint density at radius 1 is 1.27 bits per heavy atom. The summed E-state index contributed by atoms with van der Waals surface area (Å²) in [5.41, 5.74) is 1.61. The lowest BCUT2D eigenvalue weighted by atomic mass is 9.78. The van der Waals surface area contributed by atoms with Crippen molar-refractivity contribution < 1.29 is 14.3 Å². The van der Waals surface area contributed by atoms with Gasteiger partial charge in [0.2, 0.25) is 0 Å². The van der Waals surface area contributed by atoms with Gasteiger partial charge in [-0.3, -0.25) is 4.79 Å². The van der Waals surface area contributed by atoms with Crippen LogP contribution in [0.15, 0.2) is 6.07 Å². The van der Waals surface area contributed by atoms with Crippen molar-refractivity contribution in [2.24, 2.45) is 11.8 Å². The van der Waals surface area contributed by atoms with Crippen molar-refractivity contribution in [2.75, 3.05) is 6.61 Å². The lowest BCUT2D eigenvalue weighted by molar-refractivity contribution is -0.125. The first-order chi connectivity index (χ1) is 12.3. The van der Waals surface area contributed by atoms with Crippen molar-refractivity contribution in [3.63, 3.8) is 0 Å². The van der Waals surface area contributed by atoms with E-state index in [2.05, 4.69) is 34.2 Å². The van der Waals surface area contributed by atoms with Gasteiger partial charge in [0.1, 0.15) is 0 Å². The molecule has 1 aliphatic carbocycles. The molecule has 0 saturated heterocycles. The van der Waals surface area contributed by atoms with E-state index in [1.165, 1.54) is 10.9 Å². The second-order valence-corrected chi connectivity index (χ2v) is 7.20. The molecule has 1 N–H and O–H groups in total. The molecule has 0 bridgehead atoms. The van der Waals surface area contributed by atoms with Gasteiger partial charge in [0.15, 0.2) is 6.61 Å². The zero-order valence-electron chi connectivity index (χ0n) is 15.7. The molecule has 26 heavy (non-hydrogen) atoms. The number of aryl methyl sites for hydroxylation is 2. The van der Waals surface area contributed by atoms with Gasteiger partial charge in [0.05, 0.1) is 0 Å². The van der Waals surface area contributed by atoms with Crippen LogP contribution in [0, 0.1) is 25.7 Å². The normalized spacial score (nSPS) is 23.0. The maximum absolute atomic E-state index is 12.2. The van der Waals surface area contributed by atoms with Crippen LogP contribution < -0.4 is 5.32 Å². The Labute approximate surface area is 152 Å². The van der Waals surface area contributed by atoms with E-state index in [0.717, 1.165) is 24.2 Å². The fraction of sp³-hybridized carbons (Fsp3) is 0.611. The third-order valence-electron chi connectivity index (χ3n) is 5.19. The number of rotatable bonds is 4. The summed E-state index contributed by atoms with van der Waals surface area (Å²) in [5, 5.41) is 7.08. The molecular formula is C18H25N5O3. The van der Waals surface area contributed by atoms with Gasteiger partial charge in [-0.05, 0) is 38.2 Å². The predicted molar refractivity (Wildman–Crippen MR) is 94.6 cm³/mol. The number of nitrogens with one attached hydrogen (secondary N) is 1. The van der Waals surface area contributed by atoms with Crippen molar-refractivity contribution in [1.29, 1.82) is 0 Å². The smallest absolute Gasteiger partial charge is 0.378 e. The van der Waals surface area contributed by atoms with Crippen LogP contribution in [-0.4, -0.2) is 44.1 Å². The van der Waals surface area contributed by atoms with Gasteiger partial charge in [-0.15, -0.1) is 5.10 Å². The number of fused-ring (bicyclic) bond motifs is 1. The molecule has 0 unspecified atom stereocenters. The summed E-state index contributed by atoms with van der Waals surface area (Å²) in [6, 6.07) is 1.98. The number of amides is 1. The highest BCUT2D eigenvalue weighted by atomic mass is 16.5. The van der Waals surface area contributed by atoms with Crippen LogP contribution in [0.1, 0.15) is 55.1 Å². The zero-order chi connectivity index (χ0) is 18.8. The Balaban J connectivity index is 1.58. The van der Waals surface area contributed by atoms with E-state index in [1.54, 1.807) is 0 Å². The van der Waals surface area contributed by atoms with Gasteiger partial charge in [-0.25, -0.2) is 14.3 Å². The SMILES string of the molecule is Cc1cc(C)n2nc(C(=O)OCC(=O)N[C@H]3CCC[C@H](C)[C@H]3C)nc2n1. The minimum Gasteiger partial charge on any atom is -0.450 e. The van der Waals surface area contributed by atoms with E-state index in [9.17, 15) is 9.59 Å². The van der Waals surface area contributed by atoms with E-state index < -0.39 is 5.97 Å². The molecule has 0 radical (unpaired) electrons. The maximum Gasteiger partial charge on any atom is 0.378 e. The van der Waals surface area contributed by atoms with Crippen LogP contribution in [-0.2, 0) is 9.53 Å². The van der Waals surface area contributed by atoms with E-state index >= 15 is 0 Å². The lowest BCUT2D eigenvalue weighted by Crippen LogP contribution is -2.45. The molecule has 8 heteroatoms. The molecule has 140 valence electrons. The Morgan fingerprint density at radius 3 is 2.81 bits per heavy atom. The number of nitrogens with zero attached hydrogens (tertiary/aromatic N) is 4. The largest absolute Gasteiger partial charge is 0.450 e. The summed E-state index contributed by atoms with van der Waals surface area (Å²) >= 11 is 0. The molecule has 1 fully saturated rings. The zero-order valence-corrected chi connectivity index (χ0v) is 15.7. The average Bonchev–Trinajstić information content (AvgIpc) is 3.01. The second kappa shape index (κ2) is 7.39. The fourth-order valence-corrected chi connectivity index (χ4v) is 3.48. The third-order valence-corrected chi connectivity index (χ3v) is 5.19. The number of hydrogen-bond acceptors (Lipinski definition) is 6. The molecule has 3 rings (SSSR count). The maximum atomic E-state index is 12.2.